The van der Waals surface area contributed by atoms with E-state index in [0.717, 1.165) is 45.1 Å². The van der Waals surface area contributed by atoms with Crippen molar-refractivity contribution in [2.24, 2.45) is 11.3 Å². The van der Waals surface area contributed by atoms with E-state index in [2.05, 4.69) is 26.1 Å². The zero-order valence-corrected chi connectivity index (χ0v) is 15.8. The van der Waals surface area contributed by atoms with Gasteiger partial charge >= 0.3 is 5.97 Å². The minimum atomic E-state index is -0.334. The Hall–Kier alpha value is -0.650. The van der Waals surface area contributed by atoms with Crippen LogP contribution in [-0.4, -0.2) is 51.1 Å². The Balaban J connectivity index is 1.95. The number of unbranched alkanes of at least 4 members (excludes halogenated alkanes) is 1. The topological polar surface area (TPSA) is 56.8 Å². The van der Waals surface area contributed by atoms with Gasteiger partial charge in [-0.2, -0.15) is 0 Å². The molecule has 0 spiro atoms. The van der Waals surface area contributed by atoms with Gasteiger partial charge in [0.15, 0.2) is 0 Å². The summed E-state index contributed by atoms with van der Waals surface area (Å²) in [6, 6.07) is 0.666. The predicted molar refractivity (Wildman–Crippen MR) is 93.9 cm³/mol. The van der Waals surface area contributed by atoms with E-state index in [1.165, 1.54) is 0 Å². The largest absolute Gasteiger partial charge is 0.465 e. The highest BCUT2D eigenvalue weighted by Gasteiger charge is 2.49. The second-order valence-electron chi connectivity index (χ2n) is 7.65. The monoisotopic (exact) mass is 341 g/mol. The van der Waals surface area contributed by atoms with Crippen molar-refractivity contribution in [1.29, 1.82) is 0 Å². The molecule has 1 N–H and O–H groups in total. The molecule has 0 aromatic carbocycles. The molecule has 0 aromatic heterocycles. The Morgan fingerprint density at radius 1 is 1.38 bits per heavy atom. The summed E-state index contributed by atoms with van der Waals surface area (Å²) in [6.07, 6.45) is 5.86. The average Bonchev–Trinajstić information content (AvgIpc) is 3.01. The fourth-order valence-electron chi connectivity index (χ4n) is 4.05. The van der Waals surface area contributed by atoms with Gasteiger partial charge < -0.3 is 19.5 Å². The van der Waals surface area contributed by atoms with E-state index in [1.807, 2.05) is 0 Å². The number of rotatable bonds is 8. The summed E-state index contributed by atoms with van der Waals surface area (Å²) in [5, 5.41) is 3.74. The summed E-state index contributed by atoms with van der Waals surface area (Å²) in [4.78, 5) is 12.7. The molecule has 1 saturated heterocycles. The van der Waals surface area contributed by atoms with Crippen molar-refractivity contribution in [1.82, 2.24) is 5.32 Å². The molecular formula is C19H35NO4. The molecule has 1 aliphatic heterocycles. The van der Waals surface area contributed by atoms with Gasteiger partial charge in [0.2, 0.25) is 0 Å². The van der Waals surface area contributed by atoms with Gasteiger partial charge in [0.05, 0.1) is 24.7 Å². The molecule has 1 heterocycles. The van der Waals surface area contributed by atoms with Crippen LogP contribution < -0.4 is 5.32 Å². The van der Waals surface area contributed by atoms with E-state index in [-0.39, 0.29) is 17.5 Å². The summed E-state index contributed by atoms with van der Waals surface area (Å²) < 4.78 is 16.6. The van der Waals surface area contributed by atoms with Crippen molar-refractivity contribution in [2.45, 2.75) is 77.5 Å². The molecule has 140 valence electrons. The van der Waals surface area contributed by atoms with Crippen LogP contribution in [0.5, 0.6) is 0 Å². The van der Waals surface area contributed by atoms with Crippen molar-refractivity contribution in [3.8, 4) is 0 Å². The van der Waals surface area contributed by atoms with E-state index in [0.29, 0.717) is 31.2 Å². The van der Waals surface area contributed by atoms with Crippen molar-refractivity contribution in [3.63, 3.8) is 0 Å². The molecule has 2 aliphatic rings. The Morgan fingerprint density at radius 2 is 2.17 bits per heavy atom. The number of carbonyl (C=O) groups excluding carboxylic acids is 1. The first kappa shape index (κ1) is 19.7. The highest BCUT2D eigenvalue weighted by Crippen LogP contribution is 2.45. The minimum Gasteiger partial charge on any atom is -0.465 e. The van der Waals surface area contributed by atoms with Gasteiger partial charge in [-0.3, -0.25) is 4.79 Å². The van der Waals surface area contributed by atoms with Gasteiger partial charge in [-0.1, -0.05) is 27.2 Å². The molecule has 0 bridgehead atoms. The van der Waals surface area contributed by atoms with Gasteiger partial charge in [-0.15, -0.1) is 0 Å². The molecule has 1 saturated carbocycles. The summed E-state index contributed by atoms with van der Waals surface area (Å²) >= 11 is 0. The minimum absolute atomic E-state index is 0.00511. The Kier molecular flexibility index (Phi) is 7.51. The van der Waals surface area contributed by atoms with Crippen LogP contribution in [0.25, 0.3) is 0 Å². The molecule has 1 aliphatic carbocycles. The highest BCUT2D eigenvalue weighted by atomic mass is 16.5. The molecule has 5 nitrogen and oxygen atoms in total. The molecule has 0 amide bonds. The number of carbonyl (C=O) groups is 1. The van der Waals surface area contributed by atoms with Crippen molar-refractivity contribution < 1.29 is 19.0 Å². The van der Waals surface area contributed by atoms with Crippen molar-refractivity contribution in [2.75, 3.05) is 26.9 Å². The van der Waals surface area contributed by atoms with Gasteiger partial charge in [0.25, 0.3) is 0 Å². The van der Waals surface area contributed by atoms with E-state index >= 15 is 0 Å². The third-order valence-corrected chi connectivity index (χ3v) is 5.85. The first-order chi connectivity index (χ1) is 11.5. The fourth-order valence-corrected chi connectivity index (χ4v) is 4.05. The van der Waals surface area contributed by atoms with Crippen molar-refractivity contribution >= 4 is 5.97 Å². The van der Waals surface area contributed by atoms with Crippen LogP contribution in [0.15, 0.2) is 0 Å². The van der Waals surface area contributed by atoms with Crippen LogP contribution >= 0.6 is 0 Å². The van der Waals surface area contributed by atoms with E-state index < -0.39 is 0 Å². The van der Waals surface area contributed by atoms with E-state index in [1.54, 1.807) is 7.11 Å². The smallest absolute Gasteiger partial charge is 0.312 e. The lowest BCUT2D eigenvalue weighted by Crippen LogP contribution is -2.51. The molecule has 0 aromatic rings. The van der Waals surface area contributed by atoms with Crippen LogP contribution in [0.1, 0.15) is 59.3 Å². The summed E-state index contributed by atoms with van der Waals surface area (Å²) in [5.41, 5.74) is -0.334. The molecule has 2 rings (SSSR count). The standard InChI is InChI=1S/C19H35NO4/c1-5-6-10-24-18(21)19(14(2)3)9-7-15(12-19)20-16-8-11-23-13-17(16)22-4/h14-17,20H,5-13H2,1-4H3/t15-,16?,17?,19+/m1/s1. The lowest BCUT2D eigenvalue weighted by atomic mass is 9.75. The predicted octanol–water partition coefficient (Wildman–Crippen LogP) is 2.92. The summed E-state index contributed by atoms with van der Waals surface area (Å²) in [5.74, 6) is 0.303. The highest BCUT2D eigenvalue weighted by molar-refractivity contribution is 5.77. The zero-order chi connectivity index (χ0) is 17.6. The quantitative estimate of drug-likeness (QED) is 0.543. The van der Waals surface area contributed by atoms with Gasteiger partial charge in [0, 0.05) is 25.8 Å². The van der Waals surface area contributed by atoms with E-state index in [9.17, 15) is 4.79 Å². The third-order valence-electron chi connectivity index (χ3n) is 5.85. The Morgan fingerprint density at radius 3 is 2.83 bits per heavy atom. The van der Waals surface area contributed by atoms with Crippen LogP contribution in [-0.2, 0) is 19.0 Å². The molecule has 2 fully saturated rings. The Bertz CT molecular complexity index is 401. The molecular weight excluding hydrogens is 306 g/mol. The first-order valence-corrected chi connectivity index (χ1v) is 9.57. The maximum atomic E-state index is 12.7. The zero-order valence-electron chi connectivity index (χ0n) is 15.8. The van der Waals surface area contributed by atoms with Gasteiger partial charge in [-0.05, 0) is 38.0 Å². The van der Waals surface area contributed by atoms with Crippen molar-refractivity contribution in [3.05, 3.63) is 0 Å². The second kappa shape index (κ2) is 9.16. The molecule has 4 atom stereocenters. The van der Waals surface area contributed by atoms with Crippen LogP contribution in [0.4, 0.5) is 0 Å². The van der Waals surface area contributed by atoms with Gasteiger partial charge in [0.1, 0.15) is 0 Å². The van der Waals surface area contributed by atoms with Crippen LogP contribution in [0.3, 0.4) is 0 Å². The van der Waals surface area contributed by atoms with Gasteiger partial charge in [-0.25, -0.2) is 0 Å². The Labute approximate surface area is 146 Å². The average molecular weight is 341 g/mol. The first-order valence-electron chi connectivity index (χ1n) is 9.57. The number of hydrogen-bond donors (Lipinski definition) is 1. The SMILES string of the molecule is CCCCOC(=O)[C@@]1(C(C)C)CC[C@@H](NC2CCOCC2OC)C1. The van der Waals surface area contributed by atoms with Crippen LogP contribution in [0, 0.1) is 11.3 Å². The third kappa shape index (κ3) is 4.50. The number of methoxy groups -OCH3 is 1. The molecule has 0 radical (unpaired) electrons. The maximum absolute atomic E-state index is 12.7. The summed E-state index contributed by atoms with van der Waals surface area (Å²) in [7, 11) is 1.74. The van der Waals surface area contributed by atoms with Crippen LogP contribution in [0.2, 0.25) is 0 Å². The molecule has 2 unspecified atom stereocenters. The lowest BCUT2D eigenvalue weighted by Gasteiger charge is -2.35. The number of esters is 1. The molecule has 24 heavy (non-hydrogen) atoms. The molecule has 5 heteroatoms. The number of hydrogen-bond acceptors (Lipinski definition) is 5. The number of nitrogens with one attached hydrogen (secondary N) is 1. The second-order valence-corrected chi connectivity index (χ2v) is 7.65. The van der Waals surface area contributed by atoms with E-state index in [4.69, 9.17) is 14.2 Å². The number of ether oxygens (including phenoxy) is 3. The lowest BCUT2D eigenvalue weighted by molar-refractivity contribution is -0.159. The normalized spacial score (nSPS) is 33.8. The maximum Gasteiger partial charge on any atom is 0.312 e. The summed E-state index contributed by atoms with van der Waals surface area (Å²) in [6.45, 7) is 8.38. The fraction of sp³-hybridized carbons (Fsp3) is 0.947.